The minimum absolute atomic E-state index is 0.0375. The number of nitrogens with one attached hydrogen (secondary N) is 1. The van der Waals surface area contributed by atoms with Crippen molar-refractivity contribution in [3.8, 4) is 0 Å². The second-order valence-electron chi connectivity index (χ2n) is 5.00. The number of aliphatic hydroxyl groups is 1. The molecular weight excluding hydrogens is 314 g/mol. The average Bonchev–Trinajstić information content (AvgIpc) is 2.44. The fraction of sp³-hybridized carbons (Fsp3) is 0.538. The van der Waals surface area contributed by atoms with Crippen LogP contribution in [0.4, 0.5) is 0 Å². The Labute approximate surface area is 126 Å². The summed E-state index contributed by atoms with van der Waals surface area (Å²) in [6, 6.07) is 4.96. The van der Waals surface area contributed by atoms with E-state index in [-0.39, 0.29) is 16.3 Å². The molecule has 0 fully saturated rings. The number of rotatable bonds is 7. The summed E-state index contributed by atoms with van der Waals surface area (Å²) in [5.41, 5.74) is -1.08. The van der Waals surface area contributed by atoms with Gasteiger partial charge in [-0.15, -0.1) is 0 Å². The van der Waals surface area contributed by atoms with E-state index in [1.54, 1.807) is 13.8 Å². The highest BCUT2D eigenvalue weighted by molar-refractivity contribution is 7.90. The second kappa shape index (κ2) is 6.43. The van der Waals surface area contributed by atoms with E-state index >= 15 is 0 Å². The van der Waals surface area contributed by atoms with E-state index in [4.69, 9.17) is 0 Å². The first kappa shape index (κ1) is 18.1. The van der Waals surface area contributed by atoms with Gasteiger partial charge in [0.1, 0.15) is 0 Å². The normalized spacial score (nSPS) is 13.3. The first-order valence-electron chi connectivity index (χ1n) is 6.56. The van der Waals surface area contributed by atoms with Gasteiger partial charge in [0.25, 0.3) is 0 Å². The molecule has 0 unspecified atom stereocenters. The highest BCUT2D eigenvalue weighted by atomic mass is 32.2. The molecule has 0 amide bonds. The van der Waals surface area contributed by atoms with Gasteiger partial charge in [-0.25, -0.2) is 21.6 Å². The molecule has 1 aromatic carbocycles. The molecular formula is C13H21NO5S2. The van der Waals surface area contributed by atoms with Gasteiger partial charge in [-0.1, -0.05) is 13.8 Å². The highest BCUT2D eigenvalue weighted by Gasteiger charge is 2.25. The second-order valence-corrected chi connectivity index (χ2v) is 8.78. The molecule has 0 atom stereocenters. The quantitative estimate of drug-likeness (QED) is 0.772. The topological polar surface area (TPSA) is 101 Å². The number of sulfonamides is 1. The molecule has 0 aliphatic heterocycles. The van der Waals surface area contributed by atoms with Crippen molar-refractivity contribution in [2.45, 2.75) is 42.1 Å². The van der Waals surface area contributed by atoms with Gasteiger partial charge >= 0.3 is 0 Å². The van der Waals surface area contributed by atoms with Gasteiger partial charge in [0.05, 0.1) is 15.4 Å². The number of sulfone groups is 1. The third-order valence-electron chi connectivity index (χ3n) is 3.47. The lowest BCUT2D eigenvalue weighted by Crippen LogP contribution is -2.41. The van der Waals surface area contributed by atoms with Gasteiger partial charge in [-0.05, 0) is 37.1 Å². The molecule has 21 heavy (non-hydrogen) atoms. The first-order valence-corrected chi connectivity index (χ1v) is 9.94. The largest absolute Gasteiger partial charge is 0.389 e. The van der Waals surface area contributed by atoms with E-state index in [9.17, 15) is 21.9 Å². The Morgan fingerprint density at radius 1 is 1.00 bits per heavy atom. The van der Waals surface area contributed by atoms with Crippen LogP contribution in [0.3, 0.4) is 0 Å². The van der Waals surface area contributed by atoms with Gasteiger partial charge in [0.15, 0.2) is 9.84 Å². The molecule has 6 nitrogen and oxygen atoms in total. The molecule has 0 heterocycles. The van der Waals surface area contributed by atoms with E-state index < -0.39 is 25.5 Å². The van der Waals surface area contributed by atoms with Crippen molar-refractivity contribution in [2.75, 3.05) is 12.8 Å². The highest BCUT2D eigenvalue weighted by Crippen LogP contribution is 2.17. The summed E-state index contributed by atoms with van der Waals surface area (Å²) in [5, 5.41) is 10.1. The Hall–Kier alpha value is -0.960. The molecule has 0 aliphatic carbocycles. The van der Waals surface area contributed by atoms with Crippen LogP contribution in [0.1, 0.15) is 26.7 Å². The molecule has 0 saturated carbocycles. The molecule has 1 aromatic rings. The predicted molar refractivity (Wildman–Crippen MR) is 80.3 cm³/mol. The van der Waals surface area contributed by atoms with E-state index in [2.05, 4.69) is 4.72 Å². The van der Waals surface area contributed by atoms with Gasteiger partial charge in [-0.3, -0.25) is 0 Å². The standard InChI is InChI=1S/C13H21NO5S2/c1-4-13(15,5-2)10-14-21(18,19)12-8-6-11(7-9-12)20(3,16)17/h6-9,14-15H,4-5,10H2,1-3H3. The molecule has 1 rings (SSSR count). The van der Waals surface area contributed by atoms with Crippen LogP contribution in [0.2, 0.25) is 0 Å². The summed E-state index contributed by atoms with van der Waals surface area (Å²) >= 11 is 0. The summed E-state index contributed by atoms with van der Waals surface area (Å²) in [6.07, 6.45) is 1.91. The average molecular weight is 335 g/mol. The molecule has 0 radical (unpaired) electrons. The molecule has 2 N–H and O–H groups in total. The lowest BCUT2D eigenvalue weighted by molar-refractivity contribution is 0.0377. The van der Waals surface area contributed by atoms with Crippen molar-refractivity contribution < 1.29 is 21.9 Å². The minimum Gasteiger partial charge on any atom is -0.389 e. The van der Waals surface area contributed by atoms with Crippen LogP contribution in [0.15, 0.2) is 34.1 Å². The van der Waals surface area contributed by atoms with Crippen molar-refractivity contribution in [1.29, 1.82) is 0 Å². The Balaban J connectivity index is 2.94. The van der Waals surface area contributed by atoms with Crippen LogP contribution in [-0.4, -0.2) is 40.3 Å². The third-order valence-corrected chi connectivity index (χ3v) is 6.02. The van der Waals surface area contributed by atoms with Crippen LogP contribution in [0.5, 0.6) is 0 Å². The van der Waals surface area contributed by atoms with Crippen LogP contribution in [-0.2, 0) is 19.9 Å². The zero-order chi connectivity index (χ0) is 16.3. The van der Waals surface area contributed by atoms with Crippen molar-refractivity contribution in [2.24, 2.45) is 0 Å². The van der Waals surface area contributed by atoms with Gasteiger partial charge in [0, 0.05) is 12.8 Å². The molecule has 120 valence electrons. The maximum absolute atomic E-state index is 12.1. The van der Waals surface area contributed by atoms with Crippen LogP contribution in [0.25, 0.3) is 0 Å². The summed E-state index contributed by atoms with van der Waals surface area (Å²) in [5.74, 6) is 0. The van der Waals surface area contributed by atoms with Gasteiger partial charge in [0.2, 0.25) is 10.0 Å². The SMILES string of the molecule is CCC(O)(CC)CNS(=O)(=O)c1ccc(S(C)(=O)=O)cc1. The lowest BCUT2D eigenvalue weighted by Gasteiger charge is -2.25. The molecule has 0 saturated heterocycles. The Kier molecular flexibility index (Phi) is 5.54. The van der Waals surface area contributed by atoms with Gasteiger partial charge in [-0.2, -0.15) is 0 Å². The third kappa shape index (κ3) is 4.77. The number of hydrogen-bond acceptors (Lipinski definition) is 5. The zero-order valence-electron chi connectivity index (χ0n) is 12.3. The maximum atomic E-state index is 12.1. The van der Waals surface area contributed by atoms with Crippen molar-refractivity contribution in [3.63, 3.8) is 0 Å². The summed E-state index contributed by atoms with van der Waals surface area (Å²) < 4.78 is 49.2. The van der Waals surface area contributed by atoms with Crippen molar-refractivity contribution >= 4 is 19.9 Å². The van der Waals surface area contributed by atoms with Gasteiger partial charge < -0.3 is 5.11 Å². The first-order chi connectivity index (χ1) is 9.54. The predicted octanol–water partition coefficient (Wildman–Crippen LogP) is 0.920. The van der Waals surface area contributed by atoms with Crippen LogP contribution >= 0.6 is 0 Å². The zero-order valence-corrected chi connectivity index (χ0v) is 14.0. The van der Waals surface area contributed by atoms with E-state index in [0.717, 1.165) is 6.26 Å². The number of hydrogen-bond donors (Lipinski definition) is 2. The maximum Gasteiger partial charge on any atom is 0.240 e. The molecule has 8 heteroatoms. The van der Waals surface area contributed by atoms with Crippen LogP contribution < -0.4 is 4.72 Å². The monoisotopic (exact) mass is 335 g/mol. The number of benzene rings is 1. The fourth-order valence-electron chi connectivity index (χ4n) is 1.68. The lowest BCUT2D eigenvalue weighted by atomic mass is 9.98. The summed E-state index contributed by atoms with van der Waals surface area (Å²) in [7, 11) is -7.14. The summed E-state index contributed by atoms with van der Waals surface area (Å²) in [4.78, 5) is 0.0181. The Bertz CT molecular complexity index is 674. The Morgan fingerprint density at radius 3 is 1.81 bits per heavy atom. The van der Waals surface area contributed by atoms with E-state index in [1.807, 2.05) is 0 Å². The fourth-order valence-corrected chi connectivity index (χ4v) is 3.43. The van der Waals surface area contributed by atoms with Crippen molar-refractivity contribution in [1.82, 2.24) is 4.72 Å². The Morgan fingerprint density at radius 2 is 1.43 bits per heavy atom. The minimum atomic E-state index is -3.78. The molecule has 0 aromatic heterocycles. The smallest absolute Gasteiger partial charge is 0.240 e. The molecule has 0 bridgehead atoms. The molecule has 0 aliphatic rings. The van der Waals surface area contributed by atoms with Crippen LogP contribution in [0, 0.1) is 0 Å². The van der Waals surface area contributed by atoms with Crippen molar-refractivity contribution in [3.05, 3.63) is 24.3 Å². The summed E-state index contributed by atoms with van der Waals surface area (Å²) in [6.45, 7) is 3.47. The molecule has 0 spiro atoms. The van der Waals surface area contributed by atoms with E-state index in [0.29, 0.717) is 12.8 Å². The van der Waals surface area contributed by atoms with E-state index in [1.165, 1.54) is 24.3 Å².